The molecule has 9 heteroatoms. The monoisotopic (exact) mass is 502 g/mol. The molecule has 0 saturated heterocycles. The predicted molar refractivity (Wildman–Crippen MR) is 140 cm³/mol. The fourth-order valence-corrected chi connectivity index (χ4v) is 4.02. The van der Waals surface area contributed by atoms with E-state index in [1.807, 2.05) is 31.2 Å². The maximum atomic E-state index is 13.1. The number of nitrogens with zero attached hydrogens (tertiary/aromatic N) is 1. The van der Waals surface area contributed by atoms with Crippen molar-refractivity contribution in [2.45, 2.75) is 13.3 Å². The molecule has 0 aliphatic heterocycles. The molecule has 3 N–H and O–H groups in total. The Labute approximate surface area is 212 Å². The van der Waals surface area contributed by atoms with E-state index in [0.717, 1.165) is 28.2 Å². The van der Waals surface area contributed by atoms with Crippen LogP contribution in [0.15, 0.2) is 78.5 Å². The summed E-state index contributed by atoms with van der Waals surface area (Å²) in [4.78, 5) is 39.8. The molecule has 0 spiro atoms. The minimum Gasteiger partial charge on any atom is -0.358 e. The van der Waals surface area contributed by atoms with Crippen LogP contribution < -0.4 is 10.6 Å². The molecule has 4 rings (SSSR count). The van der Waals surface area contributed by atoms with E-state index in [1.54, 1.807) is 24.3 Å². The van der Waals surface area contributed by atoms with Crippen LogP contribution in [0.2, 0.25) is 5.02 Å². The Hall–Kier alpha value is -4.43. The normalized spacial score (nSPS) is 11.3. The number of carbonyl (C=O) groups excluding carboxylic acids is 2. The Morgan fingerprint density at radius 1 is 1.06 bits per heavy atom. The lowest BCUT2D eigenvalue weighted by Crippen LogP contribution is -2.35. The smallest absolute Gasteiger partial charge is 0.270 e. The molecule has 3 aromatic carbocycles. The highest BCUT2D eigenvalue weighted by Gasteiger charge is 2.17. The molecule has 0 atom stereocenters. The minimum absolute atomic E-state index is 0.00415. The number of para-hydroxylation sites is 1. The van der Waals surface area contributed by atoms with Gasteiger partial charge in [0.1, 0.15) is 5.70 Å². The second-order valence-corrected chi connectivity index (χ2v) is 8.59. The average molecular weight is 503 g/mol. The molecule has 0 fully saturated rings. The van der Waals surface area contributed by atoms with E-state index in [4.69, 9.17) is 11.6 Å². The summed E-state index contributed by atoms with van der Waals surface area (Å²) >= 11 is 5.96. The minimum atomic E-state index is -0.637. The van der Waals surface area contributed by atoms with Crippen molar-refractivity contribution in [2.24, 2.45) is 0 Å². The van der Waals surface area contributed by atoms with Crippen molar-refractivity contribution in [2.75, 3.05) is 6.54 Å². The lowest BCUT2D eigenvalue weighted by Gasteiger charge is -2.12. The number of aryl methyl sites for hydroxylation is 1. The van der Waals surface area contributed by atoms with Crippen LogP contribution in [0.25, 0.3) is 17.0 Å². The molecule has 0 unspecified atom stereocenters. The van der Waals surface area contributed by atoms with E-state index in [2.05, 4.69) is 15.6 Å². The first-order valence-corrected chi connectivity index (χ1v) is 11.6. The molecule has 182 valence electrons. The van der Waals surface area contributed by atoms with Crippen molar-refractivity contribution in [1.29, 1.82) is 0 Å². The number of fused-ring (bicyclic) bond motifs is 1. The van der Waals surface area contributed by atoms with Gasteiger partial charge in [-0.15, -0.1) is 0 Å². The van der Waals surface area contributed by atoms with Crippen molar-refractivity contribution in [3.63, 3.8) is 0 Å². The summed E-state index contributed by atoms with van der Waals surface area (Å²) in [6.45, 7) is 2.33. The van der Waals surface area contributed by atoms with Gasteiger partial charge in [-0.25, -0.2) is 0 Å². The third-order valence-corrected chi connectivity index (χ3v) is 5.93. The van der Waals surface area contributed by atoms with Crippen LogP contribution in [-0.4, -0.2) is 28.3 Å². The zero-order chi connectivity index (χ0) is 25.7. The van der Waals surface area contributed by atoms with Gasteiger partial charge in [-0.2, -0.15) is 0 Å². The summed E-state index contributed by atoms with van der Waals surface area (Å²) in [6.07, 6.45) is 2.12. The first-order valence-electron chi connectivity index (χ1n) is 11.2. The zero-order valence-corrected chi connectivity index (χ0v) is 20.1. The number of hydrogen-bond acceptors (Lipinski definition) is 4. The molecule has 4 aromatic rings. The molecule has 0 saturated carbocycles. The third-order valence-electron chi connectivity index (χ3n) is 5.68. The highest BCUT2D eigenvalue weighted by atomic mass is 35.5. The number of nitro benzene ring substituents is 1. The number of nitrogens with one attached hydrogen (secondary N) is 3. The van der Waals surface area contributed by atoms with Crippen LogP contribution in [0.4, 0.5) is 5.69 Å². The van der Waals surface area contributed by atoms with Crippen LogP contribution >= 0.6 is 11.6 Å². The Bertz CT molecular complexity index is 1470. The molecule has 8 nitrogen and oxygen atoms in total. The number of aromatic amines is 1. The van der Waals surface area contributed by atoms with Gasteiger partial charge in [0.05, 0.1) is 4.92 Å². The van der Waals surface area contributed by atoms with Gasteiger partial charge in [-0.1, -0.05) is 48.0 Å². The van der Waals surface area contributed by atoms with Crippen molar-refractivity contribution >= 4 is 46.1 Å². The maximum absolute atomic E-state index is 13.1. The molecule has 0 aliphatic carbocycles. The fourth-order valence-electron chi connectivity index (χ4n) is 3.89. The molecular weight excluding hydrogens is 480 g/mol. The van der Waals surface area contributed by atoms with Gasteiger partial charge in [0.2, 0.25) is 0 Å². The van der Waals surface area contributed by atoms with Crippen LogP contribution in [0.3, 0.4) is 0 Å². The van der Waals surface area contributed by atoms with Gasteiger partial charge in [0, 0.05) is 45.9 Å². The largest absolute Gasteiger partial charge is 0.358 e. The average Bonchev–Trinajstić information content (AvgIpc) is 3.19. The van der Waals surface area contributed by atoms with Crippen LogP contribution in [0.1, 0.15) is 27.2 Å². The summed E-state index contributed by atoms with van der Waals surface area (Å²) in [5, 5.41) is 18.2. The number of carbonyl (C=O) groups is 2. The zero-order valence-electron chi connectivity index (χ0n) is 19.4. The number of aromatic nitrogens is 1. The number of non-ortho nitro benzene ring substituents is 1. The predicted octanol–water partition coefficient (Wildman–Crippen LogP) is 5.17. The van der Waals surface area contributed by atoms with Crippen LogP contribution in [0.5, 0.6) is 0 Å². The lowest BCUT2D eigenvalue weighted by molar-refractivity contribution is -0.384. The number of rotatable bonds is 8. The Kier molecular flexibility index (Phi) is 7.46. The van der Waals surface area contributed by atoms with E-state index in [1.165, 1.54) is 24.3 Å². The van der Waals surface area contributed by atoms with Gasteiger partial charge in [0.15, 0.2) is 0 Å². The van der Waals surface area contributed by atoms with Gasteiger partial charge >= 0.3 is 0 Å². The Balaban J connectivity index is 1.53. The van der Waals surface area contributed by atoms with Gasteiger partial charge < -0.3 is 15.6 Å². The summed E-state index contributed by atoms with van der Waals surface area (Å²) < 4.78 is 0. The molecule has 1 aromatic heterocycles. The summed E-state index contributed by atoms with van der Waals surface area (Å²) in [6, 6.07) is 20.0. The second-order valence-electron chi connectivity index (χ2n) is 8.15. The number of benzene rings is 3. The standard InChI is InChI=1S/C27H23ClN4O4/c1-17-22(23-7-2-3-8-24(23)30-17)13-14-29-27(34)25(15-18-9-11-20(28)12-10-18)31-26(33)19-5-4-6-21(16-19)32(35)36/h2-12,15-16,30H,13-14H2,1H3,(H,29,34)(H,31,33). The molecule has 2 amide bonds. The van der Waals surface area contributed by atoms with Crippen molar-refractivity contribution in [3.05, 3.63) is 116 Å². The van der Waals surface area contributed by atoms with Crippen molar-refractivity contribution in [1.82, 2.24) is 15.6 Å². The van der Waals surface area contributed by atoms with E-state index in [0.29, 0.717) is 23.6 Å². The molecule has 1 heterocycles. The fraction of sp³-hybridized carbons (Fsp3) is 0.111. The molecule has 0 aliphatic rings. The highest BCUT2D eigenvalue weighted by Crippen LogP contribution is 2.22. The van der Waals surface area contributed by atoms with Gasteiger partial charge in [0.25, 0.3) is 17.5 Å². The quantitative estimate of drug-likeness (QED) is 0.175. The number of amides is 2. The number of H-pyrrole nitrogens is 1. The first kappa shape index (κ1) is 24.7. The maximum Gasteiger partial charge on any atom is 0.270 e. The summed E-state index contributed by atoms with van der Waals surface area (Å²) in [7, 11) is 0. The van der Waals surface area contributed by atoms with E-state index < -0.39 is 16.7 Å². The Morgan fingerprint density at radius 3 is 2.56 bits per heavy atom. The van der Waals surface area contributed by atoms with Crippen molar-refractivity contribution in [3.8, 4) is 0 Å². The summed E-state index contributed by atoms with van der Waals surface area (Å²) in [5.74, 6) is -1.12. The number of halogens is 1. The molecular formula is C27H23ClN4O4. The third kappa shape index (κ3) is 5.79. The van der Waals surface area contributed by atoms with E-state index in [9.17, 15) is 19.7 Å². The van der Waals surface area contributed by atoms with E-state index >= 15 is 0 Å². The van der Waals surface area contributed by atoms with Crippen LogP contribution in [0, 0.1) is 17.0 Å². The van der Waals surface area contributed by atoms with Crippen LogP contribution in [-0.2, 0) is 11.2 Å². The Morgan fingerprint density at radius 2 is 1.81 bits per heavy atom. The highest BCUT2D eigenvalue weighted by molar-refractivity contribution is 6.30. The molecule has 0 radical (unpaired) electrons. The topological polar surface area (TPSA) is 117 Å². The van der Waals surface area contributed by atoms with Crippen molar-refractivity contribution < 1.29 is 14.5 Å². The molecule has 0 bridgehead atoms. The first-order chi connectivity index (χ1) is 17.3. The molecule has 36 heavy (non-hydrogen) atoms. The number of hydrogen-bond donors (Lipinski definition) is 3. The number of nitro groups is 1. The van der Waals surface area contributed by atoms with E-state index in [-0.39, 0.29) is 16.9 Å². The van der Waals surface area contributed by atoms with Gasteiger partial charge in [-0.05, 0) is 54.8 Å². The van der Waals surface area contributed by atoms with Gasteiger partial charge in [-0.3, -0.25) is 19.7 Å². The second kappa shape index (κ2) is 10.9. The SMILES string of the molecule is Cc1[nH]c2ccccc2c1CCNC(=O)C(=Cc1ccc(Cl)cc1)NC(=O)c1cccc([N+](=O)[O-])c1. The summed E-state index contributed by atoms with van der Waals surface area (Å²) in [5.41, 5.74) is 3.67. The lowest BCUT2D eigenvalue weighted by atomic mass is 10.1.